The molecule has 2 rings (SSSR count). The topological polar surface area (TPSA) is 41.6 Å². The standard InChI is InChI=1S/C14H20N2O2/c1-18-13-4-2-3-12(11-13)14(17)5-8-16-9-6-15-7-10-16/h2-4,11,15H,5-10H2,1H3. The maximum Gasteiger partial charge on any atom is 0.164 e. The second-order valence-corrected chi connectivity index (χ2v) is 4.50. The molecule has 4 nitrogen and oxygen atoms in total. The molecule has 0 aromatic heterocycles. The summed E-state index contributed by atoms with van der Waals surface area (Å²) in [6.45, 7) is 4.95. The molecule has 98 valence electrons. The largest absolute Gasteiger partial charge is 0.497 e. The summed E-state index contributed by atoms with van der Waals surface area (Å²) < 4.78 is 5.13. The van der Waals surface area contributed by atoms with E-state index in [2.05, 4.69) is 10.2 Å². The highest BCUT2D eigenvalue weighted by Gasteiger charge is 2.12. The molecule has 1 aromatic rings. The number of Topliss-reactive ketones (excluding diaryl/α,β-unsaturated/α-hetero) is 1. The summed E-state index contributed by atoms with van der Waals surface area (Å²) in [4.78, 5) is 14.4. The number of nitrogens with one attached hydrogen (secondary N) is 1. The summed E-state index contributed by atoms with van der Waals surface area (Å²) in [6.07, 6.45) is 0.577. The van der Waals surface area contributed by atoms with Crippen LogP contribution in [-0.4, -0.2) is 50.5 Å². The maximum absolute atomic E-state index is 12.1. The van der Waals surface area contributed by atoms with Crippen molar-refractivity contribution in [3.63, 3.8) is 0 Å². The Morgan fingerprint density at radius 1 is 1.39 bits per heavy atom. The number of carbonyl (C=O) groups excluding carboxylic acids is 1. The van der Waals surface area contributed by atoms with Crippen molar-refractivity contribution in [1.82, 2.24) is 10.2 Å². The molecule has 0 saturated carbocycles. The molecular formula is C14H20N2O2. The highest BCUT2D eigenvalue weighted by Crippen LogP contribution is 2.14. The minimum absolute atomic E-state index is 0.187. The number of benzene rings is 1. The molecule has 0 atom stereocenters. The molecule has 1 fully saturated rings. The average molecular weight is 248 g/mol. The van der Waals surface area contributed by atoms with E-state index in [1.165, 1.54) is 0 Å². The van der Waals surface area contributed by atoms with Crippen molar-refractivity contribution in [3.05, 3.63) is 29.8 Å². The fraction of sp³-hybridized carbons (Fsp3) is 0.500. The predicted molar refractivity (Wildman–Crippen MR) is 71.3 cm³/mol. The van der Waals surface area contributed by atoms with Gasteiger partial charge in [0.05, 0.1) is 7.11 Å². The van der Waals surface area contributed by atoms with Crippen molar-refractivity contribution >= 4 is 5.78 Å². The van der Waals surface area contributed by atoms with Crippen LogP contribution in [0.5, 0.6) is 5.75 Å². The van der Waals surface area contributed by atoms with Gasteiger partial charge in [-0.25, -0.2) is 0 Å². The second kappa shape index (κ2) is 6.52. The first kappa shape index (κ1) is 13.1. The lowest BCUT2D eigenvalue weighted by atomic mass is 10.1. The predicted octanol–water partition coefficient (Wildman–Crippen LogP) is 1.17. The van der Waals surface area contributed by atoms with Crippen LogP contribution in [0, 0.1) is 0 Å². The smallest absolute Gasteiger partial charge is 0.164 e. The number of carbonyl (C=O) groups is 1. The number of piperazine rings is 1. The first-order valence-corrected chi connectivity index (χ1v) is 6.40. The number of ether oxygens (including phenoxy) is 1. The third-order valence-electron chi connectivity index (χ3n) is 3.26. The molecule has 1 N–H and O–H groups in total. The lowest BCUT2D eigenvalue weighted by Gasteiger charge is -2.26. The van der Waals surface area contributed by atoms with Crippen molar-refractivity contribution in [2.45, 2.75) is 6.42 Å². The third kappa shape index (κ3) is 3.55. The normalized spacial score (nSPS) is 16.5. The molecule has 18 heavy (non-hydrogen) atoms. The summed E-state index contributed by atoms with van der Waals surface area (Å²) >= 11 is 0. The third-order valence-corrected chi connectivity index (χ3v) is 3.26. The molecule has 4 heteroatoms. The number of nitrogens with zero attached hydrogens (tertiary/aromatic N) is 1. The number of ketones is 1. The Kier molecular flexibility index (Phi) is 4.73. The van der Waals surface area contributed by atoms with E-state index in [0.29, 0.717) is 6.42 Å². The van der Waals surface area contributed by atoms with Gasteiger partial charge in [0, 0.05) is 44.7 Å². The minimum Gasteiger partial charge on any atom is -0.497 e. The SMILES string of the molecule is COc1cccc(C(=O)CCN2CCNCC2)c1. The van der Waals surface area contributed by atoms with Gasteiger partial charge in [0.15, 0.2) is 5.78 Å². The van der Waals surface area contributed by atoms with Gasteiger partial charge in [-0.15, -0.1) is 0 Å². The van der Waals surface area contributed by atoms with Gasteiger partial charge in [-0.3, -0.25) is 4.79 Å². The molecule has 1 aliphatic heterocycles. The lowest BCUT2D eigenvalue weighted by molar-refractivity contribution is 0.0960. The molecule has 0 amide bonds. The molecule has 0 unspecified atom stereocenters. The summed E-state index contributed by atoms with van der Waals surface area (Å²) in [5.41, 5.74) is 0.740. The van der Waals surface area contributed by atoms with Crippen LogP contribution in [-0.2, 0) is 0 Å². The van der Waals surface area contributed by atoms with Gasteiger partial charge in [-0.05, 0) is 12.1 Å². The van der Waals surface area contributed by atoms with Crippen molar-refractivity contribution in [1.29, 1.82) is 0 Å². The number of hydrogen-bond donors (Lipinski definition) is 1. The minimum atomic E-state index is 0.187. The van der Waals surface area contributed by atoms with E-state index in [0.717, 1.165) is 44.0 Å². The zero-order valence-electron chi connectivity index (χ0n) is 10.8. The van der Waals surface area contributed by atoms with Crippen LogP contribution in [0.1, 0.15) is 16.8 Å². The summed E-state index contributed by atoms with van der Waals surface area (Å²) in [5, 5.41) is 3.31. The van der Waals surface area contributed by atoms with E-state index >= 15 is 0 Å². The Balaban J connectivity index is 1.86. The van der Waals surface area contributed by atoms with Crippen molar-refractivity contribution in [2.24, 2.45) is 0 Å². The van der Waals surface area contributed by atoms with E-state index < -0.39 is 0 Å². The monoisotopic (exact) mass is 248 g/mol. The van der Waals surface area contributed by atoms with Crippen LogP contribution >= 0.6 is 0 Å². The summed E-state index contributed by atoms with van der Waals surface area (Å²) in [6, 6.07) is 7.37. The molecule has 0 bridgehead atoms. The van der Waals surface area contributed by atoms with Gasteiger partial charge < -0.3 is 15.0 Å². The molecule has 1 heterocycles. The highest BCUT2D eigenvalue weighted by atomic mass is 16.5. The van der Waals surface area contributed by atoms with E-state index in [4.69, 9.17) is 4.74 Å². The Labute approximate surface area is 108 Å². The quantitative estimate of drug-likeness (QED) is 0.794. The first-order valence-electron chi connectivity index (χ1n) is 6.40. The van der Waals surface area contributed by atoms with Crippen LogP contribution in [0.3, 0.4) is 0 Å². The van der Waals surface area contributed by atoms with Gasteiger partial charge in [0.2, 0.25) is 0 Å². The second-order valence-electron chi connectivity index (χ2n) is 4.50. The first-order chi connectivity index (χ1) is 8.79. The van der Waals surface area contributed by atoms with Crippen LogP contribution in [0.4, 0.5) is 0 Å². The number of methoxy groups -OCH3 is 1. The van der Waals surface area contributed by atoms with Crippen LogP contribution in [0.15, 0.2) is 24.3 Å². The highest BCUT2D eigenvalue weighted by molar-refractivity contribution is 5.96. The van der Waals surface area contributed by atoms with Crippen LogP contribution < -0.4 is 10.1 Å². The Bertz CT molecular complexity index is 401. The van der Waals surface area contributed by atoms with E-state index in [9.17, 15) is 4.79 Å². The van der Waals surface area contributed by atoms with Crippen molar-refractivity contribution < 1.29 is 9.53 Å². The fourth-order valence-corrected chi connectivity index (χ4v) is 2.14. The number of hydrogen-bond acceptors (Lipinski definition) is 4. The molecule has 1 saturated heterocycles. The van der Waals surface area contributed by atoms with Crippen LogP contribution in [0.25, 0.3) is 0 Å². The van der Waals surface area contributed by atoms with Gasteiger partial charge in [0.1, 0.15) is 5.75 Å². The molecule has 0 radical (unpaired) electrons. The lowest BCUT2D eigenvalue weighted by Crippen LogP contribution is -2.44. The summed E-state index contributed by atoms with van der Waals surface area (Å²) in [7, 11) is 1.62. The Morgan fingerprint density at radius 3 is 2.89 bits per heavy atom. The maximum atomic E-state index is 12.1. The Hall–Kier alpha value is -1.39. The molecule has 0 spiro atoms. The van der Waals surface area contributed by atoms with Crippen molar-refractivity contribution in [3.8, 4) is 5.75 Å². The van der Waals surface area contributed by atoms with Crippen molar-refractivity contribution in [2.75, 3.05) is 39.8 Å². The fourth-order valence-electron chi connectivity index (χ4n) is 2.14. The van der Waals surface area contributed by atoms with Gasteiger partial charge in [0.25, 0.3) is 0 Å². The summed E-state index contributed by atoms with van der Waals surface area (Å²) in [5.74, 6) is 0.926. The van der Waals surface area contributed by atoms with Gasteiger partial charge in [-0.2, -0.15) is 0 Å². The zero-order valence-corrected chi connectivity index (χ0v) is 10.8. The average Bonchev–Trinajstić information content (AvgIpc) is 2.46. The molecule has 0 aliphatic carbocycles. The number of rotatable bonds is 5. The van der Waals surface area contributed by atoms with E-state index in [1.807, 2.05) is 18.2 Å². The van der Waals surface area contributed by atoms with Gasteiger partial charge in [-0.1, -0.05) is 12.1 Å². The molecule has 1 aliphatic rings. The zero-order chi connectivity index (χ0) is 12.8. The Morgan fingerprint density at radius 2 is 2.17 bits per heavy atom. The van der Waals surface area contributed by atoms with Crippen LogP contribution in [0.2, 0.25) is 0 Å². The molecule has 1 aromatic carbocycles. The van der Waals surface area contributed by atoms with E-state index in [-0.39, 0.29) is 5.78 Å². The van der Waals surface area contributed by atoms with E-state index in [1.54, 1.807) is 13.2 Å². The van der Waals surface area contributed by atoms with Gasteiger partial charge >= 0.3 is 0 Å². The molecular weight excluding hydrogens is 228 g/mol.